The predicted octanol–water partition coefficient (Wildman–Crippen LogP) is 1.08. The molecule has 0 fully saturated rings. The normalized spacial score (nSPS) is 11.9. The van der Waals surface area contributed by atoms with Gasteiger partial charge in [-0.2, -0.15) is 0 Å². The van der Waals surface area contributed by atoms with Crippen LogP contribution in [0.4, 0.5) is 0 Å². The molecule has 0 unspecified atom stereocenters. The van der Waals surface area contributed by atoms with E-state index in [4.69, 9.17) is 4.74 Å². The molecule has 0 aliphatic rings. The van der Waals surface area contributed by atoms with Gasteiger partial charge in [0.15, 0.2) is 0 Å². The van der Waals surface area contributed by atoms with Crippen molar-refractivity contribution < 1.29 is 14.6 Å². The number of hydrogen-bond donors (Lipinski definition) is 2. The van der Waals surface area contributed by atoms with Crippen LogP contribution in [-0.2, 0) is 11.8 Å². The predicted molar refractivity (Wildman–Crippen MR) is 82.8 cm³/mol. The molecule has 6 heteroatoms. The smallest absolute Gasteiger partial charge is 0.340 e. The number of rotatable bonds is 2. The molecular formula is C16H18N2O4. The summed E-state index contributed by atoms with van der Waals surface area (Å²) >= 11 is 0. The third-order valence-electron chi connectivity index (χ3n) is 3.21. The van der Waals surface area contributed by atoms with Gasteiger partial charge in [0.25, 0.3) is 5.56 Å². The zero-order chi connectivity index (χ0) is 16.4. The number of aliphatic hydroxyl groups is 1. The molecule has 0 aromatic carbocycles. The van der Waals surface area contributed by atoms with E-state index in [0.29, 0.717) is 27.7 Å². The Kier molecular flexibility index (Phi) is 4.38. The fraction of sp³-hybridized carbons (Fsp3) is 0.375. The third-order valence-corrected chi connectivity index (χ3v) is 3.21. The average Bonchev–Trinajstić information content (AvgIpc) is 2.79. The van der Waals surface area contributed by atoms with Gasteiger partial charge in [0.2, 0.25) is 0 Å². The number of aliphatic hydroxyl groups excluding tert-OH is 1. The summed E-state index contributed by atoms with van der Waals surface area (Å²) in [4.78, 5) is 27.4. The number of aromatic nitrogens is 2. The van der Waals surface area contributed by atoms with Gasteiger partial charge in [-0.15, -0.1) is 0 Å². The number of aromatic amines is 1. The van der Waals surface area contributed by atoms with Gasteiger partial charge in [-0.05, 0) is 20.8 Å². The quantitative estimate of drug-likeness (QED) is 0.642. The largest absolute Gasteiger partial charge is 0.462 e. The van der Waals surface area contributed by atoms with Crippen LogP contribution in [0, 0.1) is 18.8 Å². The van der Waals surface area contributed by atoms with Crippen LogP contribution in [0.2, 0.25) is 0 Å². The topological polar surface area (TPSA) is 84.3 Å². The summed E-state index contributed by atoms with van der Waals surface area (Å²) in [5.41, 5.74) is 1.41. The Morgan fingerprint density at radius 1 is 1.55 bits per heavy atom. The Morgan fingerprint density at radius 2 is 2.23 bits per heavy atom. The zero-order valence-electron chi connectivity index (χ0n) is 13.0. The minimum Gasteiger partial charge on any atom is -0.462 e. The maximum atomic E-state index is 12.2. The number of ether oxygens (including phenoxy) is 1. The monoisotopic (exact) mass is 302 g/mol. The average molecular weight is 302 g/mol. The van der Waals surface area contributed by atoms with Crippen molar-refractivity contribution >= 4 is 16.9 Å². The molecule has 2 N–H and O–H groups in total. The van der Waals surface area contributed by atoms with Crippen molar-refractivity contribution in [3.05, 3.63) is 33.4 Å². The number of carbonyl (C=O) groups is 1. The van der Waals surface area contributed by atoms with Gasteiger partial charge in [-0.3, -0.25) is 4.79 Å². The van der Waals surface area contributed by atoms with Crippen LogP contribution < -0.4 is 5.56 Å². The van der Waals surface area contributed by atoms with E-state index in [9.17, 15) is 14.7 Å². The second kappa shape index (κ2) is 6.08. The van der Waals surface area contributed by atoms with E-state index in [1.54, 1.807) is 34.0 Å². The molecule has 2 aromatic rings. The summed E-state index contributed by atoms with van der Waals surface area (Å²) in [6.07, 6.45) is 0.745. The first-order valence-corrected chi connectivity index (χ1v) is 6.95. The molecule has 116 valence electrons. The fourth-order valence-electron chi connectivity index (χ4n) is 2.28. The number of hydrogen-bond acceptors (Lipinski definition) is 4. The number of carbonyl (C=O) groups excluding carboxylic acids is 1. The Morgan fingerprint density at radius 3 is 2.82 bits per heavy atom. The highest BCUT2D eigenvalue weighted by molar-refractivity contribution is 6.07. The number of esters is 1. The van der Waals surface area contributed by atoms with Crippen LogP contribution >= 0.6 is 0 Å². The van der Waals surface area contributed by atoms with Gasteiger partial charge in [0, 0.05) is 24.3 Å². The molecule has 0 amide bonds. The van der Waals surface area contributed by atoms with Gasteiger partial charge in [-0.1, -0.05) is 11.8 Å². The van der Waals surface area contributed by atoms with Crippen LogP contribution in [0.1, 0.15) is 35.5 Å². The first kappa shape index (κ1) is 15.9. The number of nitrogens with zero attached hydrogens (tertiary/aromatic N) is 1. The number of fused-ring (bicyclic) bond motifs is 1. The molecule has 0 spiro atoms. The van der Waals surface area contributed by atoms with Crippen molar-refractivity contribution in [1.82, 2.24) is 9.55 Å². The SMILES string of the molecule is CCOC(=O)c1c(C)[nH]c2c(=O)n(C)cc(C#C[C@@H](C)O)c12. The summed E-state index contributed by atoms with van der Waals surface area (Å²) in [7, 11) is 1.61. The van der Waals surface area contributed by atoms with Crippen molar-refractivity contribution in [2.24, 2.45) is 7.05 Å². The molecule has 2 heterocycles. The molecule has 22 heavy (non-hydrogen) atoms. The highest BCUT2D eigenvalue weighted by Crippen LogP contribution is 2.24. The molecule has 0 radical (unpaired) electrons. The molecule has 0 aliphatic heterocycles. The summed E-state index contributed by atoms with van der Waals surface area (Å²) in [6.45, 7) is 5.21. The van der Waals surface area contributed by atoms with E-state index >= 15 is 0 Å². The van der Waals surface area contributed by atoms with Crippen molar-refractivity contribution in [3.63, 3.8) is 0 Å². The second-order valence-electron chi connectivity index (χ2n) is 5.00. The summed E-state index contributed by atoms with van der Waals surface area (Å²) in [6, 6.07) is 0. The number of pyridine rings is 1. The molecular weight excluding hydrogens is 284 g/mol. The Hall–Kier alpha value is -2.52. The van der Waals surface area contributed by atoms with Crippen LogP contribution in [0.25, 0.3) is 10.9 Å². The lowest BCUT2D eigenvalue weighted by Gasteiger charge is -2.04. The first-order chi connectivity index (χ1) is 10.4. The van der Waals surface area contributed by atoms with E-state index in [0.717, 1.165) is 0 Å². The Labute approximate surface area is 127 Å². The van der Waals surface area contributed by atoms with Crippen LogP contribution in [-0.4, -0.2) is 33.3 Å². The van der Waals surface area contributed by atoms with Gasteiger partial charge >= 0.3 is 5.97 Å². The lowest BCUT2D eigenvalue weighted by Crippen LogP contribution is -2.17. The van der Waals surface area contributed by atoms with E-state index < -0.39 is 12.1 Å². The maximum absolute atomic E-state index is 12.2. The van der Waals surface area contributed by atoms with Gasteiger partial charge in [0.1, 0.15) is 11.6 Å². The summed E-state index contributed by atoms with van der Waals surface area (Å²) in [5, 5.41) is 9.77. The summed E-state index contributed by atoms with van der Waals surface area (Å²) < 4.78 is 6.45. The van der Waals surface area contributed by atoms with E-state index in [1.807, 2.05) is 0 Å². The number of nitrogens with one attached hydrogen (secondary N) is 1. The van der Waals surface area contributed by atoms with Crippen molar-refractivity contribution in [2.75, 3.05) is 6.61 Å². The van der Waals surface area contributed by atoms with Crippen LogP contribution in [0.15, 0.2) is 11.0 Å². The second-order valence-corrected chi connectivity index (χ2v) is 5.00. The number of aryl methyl sites for hydroxylation is 2. The van der Waals surface area contributed by atoms with Crippen molar-refractivity contribution in [2.45, 2.75) is 26.9 Å². The number of H-pyrrole nitrogens is 1. The fourth-order valence-corrected chi connectivity index (χ4v) is 2.28. The molecule has 0 saturated carbocycles. The molecule has 0 bridgehead atoms. The Balaban J connectivity index is 2.85. The van der Waals surface area contributed by atoms with Crippen LogP contribution in [0.5, 0.6) is 0 Å². The molecule has 1 atom stereocenters. The molecule has 2 aromatic heterocycles. The lowest BCUT2D eigenvalue weighted by molar-refractivity contribution is 0.0528. The van der Waals surface area contributed by atoms with Gasteiger partial charge in [0.05, 0.1) is 17.7 Å². The molecule has 0 aliphatic carbocycles. The highest BCUT2D eigenvalue weighted by Gasteiger charge is 2.21. The standard InChI is InChI=1S/C16H18N2O4/c1-5-22-16(21)12-10(3)17-14-13(12)11(7-6-9(2)19)8-18(4)15(14)20/h8-9,17,19H,5H2,1-4H3/t9-/m1/s1. The molecule has 2 rings (SSSR count). The lowest BCUT2D eigenvalue weighted by atomic mass is 10.1. The van der Waals surface area contributed by atoms with E-state index in [-0.39, 0.29) is 12.2 Å². The molecule has 0 saturated heterocycles. The van der Waals surface area contributed by atoms with Crippen LogP contribution in [0.3, 0.4) is 0 Å². The minimum absolute atomic E-state index is 0.241. The zero-order valence-corrected chi connectivity index (χ0v) is 13.0. The van der Waals surface area contributed by atoms with E-state index in [2.05, 4.69) is 16.8 Å². The maximum Gasteiger partial charge on any atom is 0.340 e. The van der Waals surface area contributed by atoms with Crippen molar-refractivity contribution in [3.8, 4) is 11.8 Å². The summed E-state index contributed by atoms with van der Waals surface area (Å²) in [5.74, 6) is 4.95. The highest BCUT2D eigenvalue weighted by atomic mass is 16.5. The Bertz CT molecular complexity index is 847. The third kappa shape index (κ3) is 2.76. The molecule has 6 nitrogen and oxygen atoms in total. The van der Waals surface area contributed by atoms with E-state index in [1.165, 1.54) is 4.57 Å². The van der Waals surface area contributed by atoms with Crippen molar-refractivity contribution in [1.29, 1.82) is 0 Å². The minimum atomic E-state index is -0.807. The van der Waals surface area contributed by atoms with Gasteiger partial charge < -0.3 is 19.4 Å². The first-order valence-electron chi connectivity index (χ1n) is 6.95. The van der Waals surface area contributed by atoms with Gasteiger partial charge in [-0.25, -0.2) is 4.79 Å².